The van der Waals surface area contributed by atoms with E-state index in [1.54, 1.807) is 17.7 Å². The lowest BCUT2D eigenvalue weighted by Crippen LogP contribution is -2.27. The van der Waals surface area contributed by atoms with Crippen molar-refractivity contribution in [3.63, 3.8) is 0 Å². The SMILES string of the molecule is COc1ccc2c(c1)n(CC1CCC(c3nnc(-c4cc(C)on4)o3)CC1)c(=O)n2C. The maximum Gasteiger partial charge on any atom is 0.328 e. The Kier molecular flexibility index (Phi) is 4.88. The summed E-state index contributed by atoms with van der Waals surface area (Å²) in [7, 11) is 3.45. The highest BCUT2D eigenvalue weighted by atomic mass is 16.5. The Morgan fingerprint density at radius 2 is 1.94 bits per heavy atom. The average molecular weight is 423 g/mol. The summed E-state index contributed by atoms with van der Waals surface area (Å²) in [5.74, 6) is 3.16. The first-order chi connectivity index (χ1) is 15.0. The van der Waals surface area contributed by atoms with Crippen molar-refractivity contribution in [3.8, 4) is 17.3 Å². The van der Waals surface area contributed by atoms with E-state index >= 15 is 0 Å². The molecule has 0 amide bonds. The lowest BCUT2D eigenvalue weighted by Gasteiger charge is -2.26. The van der Waals surface area contributed by atoms with Gasteiger partial charge >= 0.3 is 5.69 Å². The Labute approximate surface area is 178 Å². The molecule has 0 spiro atoms. The summed E-state index contributed by atoms with van der Waals surface area (Å²) in [5, 5.41) is 12.3. The molecule has 0 N–H and O–H groups in total. The quantitative estimate of drug-likeness (QED) is 0.483. The molecule has 5 rings (SSSR count). The molecule has 1 aliphatic rings. The van der Waals surface area contributed by atoms with Gasteiger partial charge in [0.15, 0.2) is 5.69 Å². The number of nitrogens with zero attached hydrogens (tertiary/aromatic N) is 5. The molecular weight excluding hydrogens is 398 g/mol. The summed E-state index contributed by atoms with van der Waals surface area (Å²) in [6.45, 7) is 2.52. The number of hydrogen-bond donors (Lipinski definition) is 0. The molecule has 1 saturated carbocycles. The number of imidazole rings is 1. The fourth-order valence-corrected chi connectivity index (χ4v) is 4.51. The van der Waals surface area contributed by atoms with Crippen LogP contribution in [0.5, 0.6) is 5.75 Å². The third kappa shape index (κ3) is 3.54. The number of fused-ring (bicyclic) bond motifs is 1. The number of rotatable bonds is 5. The standard InChI is InChI=1S/C22H25N5O4/c1-13-10-17(25-31-13)21-24-23-20(30-21)15-6-4-14(5-7-15)12-27-19-11-16(29-3)8-9-18(19)26(2)22(27)28/h8-11,14-15H,4-7,12H2,1-3H3. The monoisotopic (exact) mass is 423 g/mol. The lowest BCUT2D eigenvalue weighted by molar-refractivity contribution is 0.270. The van der Waals surface area contributed by atoms with Gasteiger partial charge in [-0.3, -0.25) is 9.13 Å². The highest BCUT2D eigenvalue weighted by Crippen LogP contribution is 2.37. The summed E-state index contributed by atoms with van der Waals surface area (Å²) in [6.07, 6.45) is 3.90. The molecule has 0 bridgehead atoms. The van der Waals surface area contributed by atoms with Gasteiger partial charge in [-0.05, 0) is 50.7 Å². The molecule has 0 unspecified atom stereocenters. The Hall–Kier alpha value is -3.36. The molecule has 4 aromatic rings. The number of hydrogen-bond acceptors (Lipinski definition) is 7. The summed E-state index contributed by atoms with van der Waals surface area (Å²) in [5.41, 5.74) is 2.41. The zero-order valence-electron chi connectivity index (χ0n) is 17.9. The van der Waals surface area contributed by atoms with Crippen LogP contribution in [-0.2, 0) is 13.6 Å². The Morgan fingerprint density at radius 1 is 1.13 bits per heavy atom. The maximum atomic E-state index is 12.8. The van der Waals surface area contributed by atoms with Gasteiger partial charge in [-0.2, -0.15) is 0 Å². The van der Waals surface area contributed by atoms with Crippen molar-refractivity contribution < 1.29 is 13.7 Å². The van der Waals surface area contributed by atoms with E-state index in [4.69, 9.17) is 13.7 Å². The van der Waals surface area contributed by atoms with Crippen molar-refractivity contribution in [1.82, 2.24) is 24.5 Å². The smallest absolute Gasteiger partial charge is 0.328 e. The average Bonchev–Trinajstić information content (AvgIpc) is 3.50. The minimum absolute atomic E-state index is 0.00910. The first-order valence-electron chi connectivity index (χ1n) is 10.5. The number of benzene rings is 1. The molecular formula is C22H25N5O4. The molecule has 0 saturated heterocycles. The third-order valence-electron chi connectivity index (χ3n) is 6.28. The van der Waals surface area contributed by atoms with Crippen LogP contribution in [-0.4, -0.2) is 31.6 Å². The third-order valence-corrected chi connectivity index (χ3v) is 6.28. The van der Waals surface area contributed by atoms with Crippen molar-refractivity contribution in [2.45, 2.75) is 45.1 Å². The van der Waals surface area contributed by atoms with Crippen LogP contribution in [0.15, 0.2) is 38.0 Å². The minimum Gasteiger partial charge on any atom is -0.497 e. The number of ether oxygens (including phenoxy) is 1. The van der Waals surface area contributed by atoms with Gasteiger partial charge in [0, 0.05) is 31.6 Å². The molecule has 1 fully saturated rings. The first kappa shape index (κ1) is 19.6. The van der Waals surface area contributed by atoms with E-state index in [-0.39, 0.29) is 11.6 Å². The van der Waals surface area contributed by atoms with Crippen LogP contribution in [0.25, 0.3) is 22.6 Å². The first-order valence-corrected chi connectivity index (χ1v) is 10.5. The van der Waals surface area contributed by atoms with Gasteiger partial charge in [0.25, 0.3) is 5.89 Å². The molecule has 9 nitrogen and oxygen atoms in total. The molecule has 0 radical (unpaired) electrons. The predicted octanol–water partition coefficient (Wildman–Crippen LogP) is 3.67. The van der Waals surface area contributed by atoms with E-state index in [0.29, 0.717) is 35.7 Å². The Balaban J connectivity index is 1.29. The van der Waals surface area contributed by atoms with Crippen molar-refractivity contribution in [2.75, 3.05) is 7.11 Å². The molecule has 162 valence electrons. The van der Waals surface area contributed by atoms with Crippen LogP contribution in [0.4, 0.5) is 0 Å². The summed E-state index contributed by atoms with van der Waals surface area (Å²) in [4.78, 5) is 12.8. The normalized spacial score (nSPS) is 19.2. The minimum atomic E-state index is 0.00910. The molecule has 1 aromatic carbocycles. The van der Waals surface area contributed by atoms with E-state index in [9.17, 15) is 4.79 Å². The van der Waals surface area contributed by atoms with Crippen LogP contribution in [0.3, 0.4) is 0 Å². The topological polar surface area (TPSA) is 101 Å². The van der Waals surface area contributed by atoms with Gasteiger partial charge in [0.05, 0.1) is 18.1 Å². The van der Waals surface area contributed by atoms with Gasteiger partial charge in [-0.15, -0.1) is 10.2 Å². The predicted molar refractivity (Wildman–Crippen MR) is 113 cm³/mol. The van der Waals surface area contributed by atoms with Crippen LogP contribution in [0.2, 0.25) is 0 Å². The molecule has 31 heavy (non-hydrogen) atoms. The van der Waals surface area contributed by atoms with E-state index < -0.39 is 0 Å². The fraction of sp³-hybridized carbons (Fsp3) is 0.455. The summed E-state index contributed by atoms with van der Waals surface area (Å²) >= 11 is 0. The Morgan fingerprint density at radius 3 is 2.65 bits per heavy atom. The number of methoxy groups -OCH3 is 1. The van der Waals surface area contributed by atoms with Crippen LogP contribution >= 0.6 is 0 Å². The molecule has 3 aromatic heterocycles. The van der Waals surface area contributed by atoms with E-state index in [2.05, 4.69) is 15.4 Å². The zero-order chi connectivity index (χ0) is 21.5. The molecule has 0 atom stereocenters. The van der Waals surface area contributed by atoms with E-state index in [1.807, 2.05) is 36.7 Å². The maximum absolute atomic E-state index is 12.8. The number of aromatic nitrogens is 5. The zero-order valence-corrected chi connectivity index (χ0v) is 17.9. The van der Waals surface area contributed by atoms with Crippen LogP contribution < -0.4 is 10.4 Å². The van der Waals surface area contributed by atoms with Gasteiger partial charge in [-0.1, -0.05) is 5.16 Å². The highest BCUT2D eigenvalue weighted by molar-refractivity contribution is 5.77. The van der Waals surface area contributed by atoms with Crippen LogP contribution in [0, 0.1) is 12.8 Å². The van der Waals surface area contributed by atoms with Crippen LogP contribution in [0.1, 0.15) is 43.3 Å². The largest absolute Gasteiger partial charge is 0.497 e. The lowest BCUT2D eigenvalue weighted by atomic mass is 9.82. The second kappa shape index (κ2) is 7.72. The van der Waals surface area contributed by atoms with E-state index in [1.165, 1.54) is 0 Å². The second-order valence-corrected chi connectivity index (χ2v) is 8.29. The van der Waals surface area contributed by atoms with E-state index in [0.717, 1.165) is 42.5 Å². The van der Waals surface area contributed by atoms with Crippen molar-refractivity contribution >= 4 is 11.0 Å². The van der Waals surface area contributed by atoms with Gasteiger partial charge in [-0.25, -0.2) is 4.79 Å². The number of aryl methyl sites for hydroxylation is 2. The molecule has 9 heteroatoms. The molecule has 1 aliphatic carbocycles. The van der Waals surface area contributed by atoms with Crippen molar-refractivity contribution in [1.29, 1.82) is 0 Å². The molecule has 3 heterocycles. The summed E-state index contributed by atoms with van der Waals surface area (Å²) in [6, 6.07) is 7.54. The van der Waals surface area contributed by atoms with Gasteiger partial charge < -0.3 is 13.7 Å². The second-order valence-electron chi connectivity index (χ2n) is 8.29. The van der Waals surface area contributed by atoms with Crippen molar-refractivity contribution in [2.24, 2.45) is 13.0 Å². The summed E-state index contributed by atoms with van der Waals surface area (Å²) < 4.78 is 19.9. The molecule has 0 aliphatic heterocycles. The van der Waals surface area contributed by atoms with Gasteiger partial charge in [0.2, 0.25) is 5.89 Å². The van der Waals surface area contributed by atoms with Crippen molar-refractivity contribution in [3.05, 3.63) is 46.4 Å². The highest BCUT2D eigenvalue weighted by Gasteiger charge is 2.28. The Bertz CT molecular complexity index is 1270. The van der Waals surface area contributed by atoms with Gasteiger partial charge in [0.1, 0.15) is 11.5 Å². The fourth-order valence-electron chi connectivity index (χ4n) is 4.51.